The molecule has 15 nitrogen and oxygen atoms in total. The number of ether oxygens (including phenoxy) is 4. The highest BCUT2D eigenvalue weighted by molar-refractivity contribution is 6.24. The Morgan fingerprint density at radius 2 is 1.40 bits per heavy atom. The fourth-order valence-corrected chi connectivity index (χ4v) is 9.75. The second-order valence-corrected chi connectivity index (χ2v) is 16.3. The summed E-state index contributed by atoms with van der Waals surface area (Å²) in [7, 11) is 2.26. The summed E-state index contributed by atoms with van der Waals surface area (Å²) in [5, 5.41) is 24.1. The molecule has 7 atom stereocenters. The highest BCUT2D eigenvalue weighted by Crippen LogP contribution is 2.66. The number of anilines is 1. The van der Waals surface area contributed by atoms with Crippen LogP contribution in [-0.2, 0) is 43.6 Å². The summed E-state index contributed by atoms with van der Waals surface area (Å²) in [6.45, 7) is 1.49. The van der Waals surface area contributed by atoms with E-state index in [1.807, 2.05) is 78.9 Å². The highest BCUT2D eigenvalue weighted by atomic mass is 16.6. The number of carbonyl (C=O) groups is 6. The number of morpholine rings is 1. The zero-order chi connectivity index (χ0) is 47.4. The van der Waals surface area contributed by atoms with Crippen LogP contribution in [0.3, 0.4) is 0 Å². The Labute approximate surface area is 386 Å². The average molecular weight is 906 g/mol. The van der Waals surface area contributed by atoms with Crippen LogP contribution >= 0.6 is 0 Å². The first-order chi connectivity index (χ1) is 32.5. The van der Waals surface area contributed by atoms with Crippen molar-refractivity contribution in [3.05, 3.63) is 167 Å². The number of urea groups is 1. The van der Waals surface area contributed by atoms with Gasteiger partial charge in [0.15, 0.2) is 5.92 Å². The Kier molecular flexibility index (Phi) is 13.2. The molecule has 2 saturated heterocycles. The van der Waals surface area contributed by atoms with Crippen molar-refractivity contribution >= 4 is 41.5 Å². The van der Waals surface area contributed by atoms with Crippen LogP contribution in [0.25, 0.3) is 0 Å². The van der Waals surface area contributed by atoms with E-state index in [9.17, 15) is 34.2 Å². The smallest absolute Gasteiger partial charge is 0.329 e. The van der Waals surface area contributed by atoms with E-state index in [0.29, 0.717) is 22.4 Å². The van der Waals surface area contributed by atoms with Crippen LogP contribution in [0, 0.1) is 23.7 Å². The van der Waals surface area contributed by atoms with Crippen LogP contribution in [-0.4, -0.2) is 84.4 Å². The molecule has 3 aliphatic rings. The van der Waals surface area contributed by atoms with Crippen LogP contribution in [0.1, 0.15) is 71.0 Å². The molecule has 5 aromatic carbocycles. The third-order valence-electron chi connectivity index (χ3n) is 12.6. The largest absolute Gasteiger partial charge is 0.491 e. The minimum atomic E-state index is -2.25. The first-order valence-electron chi connectivity index (χ1n) is 21.6. The van der Waals surface area contributed by atoms with Gasteiger partial charge >= 0.3 is 29.9 Å². The summed E-state index contributed by atoms with van der Waals surface area (Å²) in [6.07, 6.45) is -1.30. The van der Waals surface area contributed by atoms with Gasteiger partial charge in [0.05, 0.1) is 44.6 Å². The Morgan fingerprint density at radius 1 is 0.791 bits per heavy atom. The topological polar surface area (TPSA) is 198 Å². The molecule has 3 amide bonds. The van der Waals surface area contributed by atoms with Crippen molar-refractivity contribution in [2.45, 2.75) is 49.0 Å². The number of hydrogen-bond acceptors (Lipinski definition) is 12. The van der Waals surface area contributed by atoms with E-state index in [4.69, 9.17) is 18.9 Å². The molecule has 1 spiro atoms. The van der Waals surface area contributed by atoms with Crippen LogP contribution < -0.4 is 15.0 Å². The standard InChI is InChI=1S/C52H47N3O12/c1-31(33-15-7-4-8-16-33)53-51(63)54-40-27-22-32(14-13-21-38(47(59)64-2)48(60)65-3)30-39(40)52(50(54)62)41(46(57)58)43-49(61)67-44(35-19-11-6-12-20-35)42(34-17-9-5-10-18-34)55(43)45(52)36-23-25-37(26-24-36)66-29-28-56/h4-12,15-20,22-27,30-31,38,41-45,56H,21,28-29H2,1-3H3,(H,53,63)(H,57,58)/t31-,41+,42+,43+,44-,45-,52+/m1/s1. The number of esters is 3. The monoisotopic (exact) mass is 905 g/mol. The number of carboxylic acids is 1. The summed E-state index contributed by atoms with van der Waals surface area (Å²) in [5.41, 5.74) is 0.556. The number of aliphatic carboxylic acids is 1. The number of amides is 3. The molecule has 2 fully saturated rings. The van der Waals surface area contributed by atoms with Gasteiger partial charge in [-0.05, 0) is 65.1 Å². The molecule has 0 radical (unpaired) electrons. The predicted molar refractivity (Wildman–Crippen MR) is 241 cm³/mol. The number of carbonyl (C=O) groups excluding carboxylic acids is 5. The first-order valence-corrected chi connectivity index (χ1v) is 21.6. The van der Waals surface area contributed by atoms with Gasteiger partial charge in [0.1, 0.15) is 35.8 Å². The molecule has 0 aromatic heterocycles. The normalized spacial score (nSPS) is 22.2. The Hall–Kier alpha value is -7.80. The van der Waals surface area contributed by atoms with Crippen molar-refractivity contribution < 1.29 is 57.9 Å². The van der Waals surface area contributed by atoms with E-state index >= 15 is 4.79 Å². The number of benzene rings is 5. The third kappa shape index (κ3) is 8.26. The number of cyclic esters (lactones) is 1. The zero-order valence-electron chi connectivity index (χ0n) is 36.7. The molecular weight excluding hydrogens is 859 g/mol. The number of hydrogen-bond donors (Lipinski definition) is 3. The number of carboxylic acid groups (broad SMARTS) is 1. The maximum Gasteiger partial charge on any atom is 0.329 e. The lowest BCUT2D eigenvalue weighted by molar-refractivity contribution is -0.179. The average Bonchev–Trinajstić information content (AvgIpc) is 3.81. The maximum atomic E-state index is 16.2. The number of imide groups is 1. The van der Waals surface area contributed by atoms with Crippen molar-refractivity contribution in [2.75, 3.05) is 32.3 Å². The molecule has 5 aromatic rings. The van der Waals surface area contributed by atoms with Crippen molar-refractivity contribution in [3.63, 3.8) is 0 Å². The lowest BCUT2D eigenvalue weighted by Crippen LogP contribution is -2.54. The lowest BCUT2D eigenvalue weighted by Gasteiger charge is -2.46. The van der Waals surface area contributed by atoms with Crippen LogP contribution in [0.4, 0.5) is 10.5 Å². The summed E-state index contributed by atoms with van der Waals surface area (Å²) < 4.78 is 21.7. The Bertz CT molecular complexity index is 2720. The molecule has 15 heteroatoms. The fourth-order valence-electron chi connectivity index (χ4n) is 9.75. The third-order valence-corrected chi connectivity index (χ3v) is 12.6. The van der Waals surface area contributed by atoms with Crippen LogP contribution in [0.2, 0.25) is 0 Å². The molecule has 67 heavy (non-hydrogen) atoms. The minimum absolute atomic E-state index is 0.0101. The van der Waals surface area contributed by atoms with E-state index in [2.05, 4.69) is 17.2 Å². The van der Waals surface area contributed by atoms with Crippen molar-refractivity contribution in [2.24, 2.45) is 11.8 Å². The lowest BCUT2D eigenvalue weighted by atomic mass is 9.65. The van der Waals surface area contributed by atoms with Gasteiger partial charge in [0, 0.05) is 12.0 Å². The summed E-state index contributed by atoms with van der Waals surface area (Å²) in [6, 6.07) is 33.2. The number of fused-ring (bicyclic) bond motifs is 3. The molecule has 3 heterocycles. The number of aliphatic hydroxyl groups is 1. The number of rotatable bonds is 12. The van der Waals surface area contributed by atoms with Gasteiger partial charge in [-0.1, -0.05) is 115 Å². The van der Waals surface area contributed by atoms with Crippen LogP contribution in [0.5, 0.6) is 5.75 Å². The Morgan fingerprint density at radius 3 is 2.00 bits per heavy atom. The second-order valence-electron chi connectivity index (χ2n) is 16.3. The number of aliphatic hydroxyl groups excluding tert-OH is 1. The molecule has 8 rings (SSSR count). The van der Waals surface area contributed by atoms with Crippen LogP contribution in [0.15, 0.2) is 133 Å². The predicted octanol–water partition coefficient (Wildman–Crippen LogP) is 5.98. The fraction of sp³-hybridized carbons (Fsp3) is 0.269. The van der Waals surface area contributed by atoms with Crippen molar-refractivity contribution in [1.29, 1.82) is 0 Å². The van der Waals surface area contributed by atoms with Gasteiger partial charge in [-0.25, -0.2) is 9.69 Å². The molecular formula is C52H47N3O12. The van der Waals surface area contributed by atoms with E-state index in [-0.39, 0.29) is 36.4 Å². The van der Waals surface area contributed by atoms with Gasteiger partial charge in [0.2, 0.25) is 5.91 Å². The van der Waals surface area contributed by atoms with Crippen molar-refractivity contribution in [3.8, 4) is 17.6 Å². The SMILES string of the molecule is COC(=O)C(CC#Cc1ccc2c(c1)[C@]1(C(=O)N2C(=O)N[C@H](C)c2ccccc2)[C@H](C(=O)O)[C@H]2C(=O)O[C@H](c3ccccc3)[C@H](c3ccccc3)N2[C@@H]1c1ccc(OCCO)cc1)C(=O)OC. The van der Waals surface area contributed by atoms with E-state index in [1.165, 1.54) is 18.2 Å². The maximum absolute atomic E-state index is 16.2. The number of methoxy groups -OCH3 is 2. The van der Waals surface area contributed by atoms with E-state index in [0.717, 1.165) is 24.7 Å². The van der Waals surface area contributed by atoms with Gasteiger partial charge < -0.3 is 34.5 Å². The minimum Gasteiger partial charge on any atom is -0.491 e. The van der Waals surface area contributed by atoms with Crippen molar-refractivity contribution in [1.82, 2.24) is 10.2 Å². The number of nitrogens with one attached hydrogen (secondary N) is 1. The van der Waals surface area contributed by atoms with E-state index < -0.39 is 83.3 Å². The molecule has 342 valence electrons. The van der Waals surface area contributed by atoms with Gasteiger partial charge in [-0.2, -0.15) is 0 Å². The molecule has 0 unspecified atom stereocenters. The van der Waals surface area contributed by atoms with Gasteiger partial charge in [-0.15, -0.1) is 0 Å². The summed E-state index contributed by atoms with van der Waals surface area (Å²) in [5.74, 6) is -2.10. The quantitative estimate of drug-likeness (QED) is 0.0573. The highest BCUT2D eigenvalue weighted by Gasteiger charge is 2.76. The Balaban J connectivity index is 1.39. The molecule has 0 saturated carbocycles. The zero-order valence-corrected chi connectivity index (χ0v) is 36.7. The molecule has 0 bridgehead atoms. The molecule has 3 aliphatic heterocycles. The van der Waals surface area contributed by atoms with E-state index in [1.54, 1.807) is 48.2 Å². The van der Waals surface area contributed by atoms with Gasteiger partial charge in [-0.3, -0.25) is 28.9 Å². The first kappa shape index (κ1) is 45.8. The second kappa shape index (κ2) is 19.4. The summed E-state index contributed by atoms with van der Waals surface area (Å²) >= 11 is 0. The van der Waals surface area contributed by atoms with Gasteiger partial charge in [0.25, 0.3) is 0 Å². The number of nitrogens with zero attached hydrogens (tertiary/aromatic N) is 2. The summed E-state index contributed by atoms with van der Waals surface area (Å²) in [4.78, 5) is 88.0. The molecule has 0 aliphatic carbocycles. The molecule has 3 N–H and O–H groups in total.